The molecule has 0 unspecified atom stereocenters. The third-order valence-electron chi connectivity index (χ3n) is 2.97. The lowest BCUT2D eigenvalue weighted by atomic mass is 10.0. The molecule has 0 saturated heterocycles. The topological polar surface area (TPSA) is 101 Å². The van der Waals surface area contributed by atoms with Crippen molar-refractivity contribution in [2.45, 2.75) is 32.9 Å². The van der Waals surface area contributed by atoms with Gasteiger partial charge in [0.15, 0.2) is 0 Å². The summed E-state index contributed by atoms with van der Waals surface area (Å²) in [5.41, 5.74) is 0. The van der Waals surface area contributed by atoms with Crippen LogP contribution in [0, 0.1) is 12.8 Å². The summed E-state index contributed by atoms with van der Waals surface area (Å²) in [7, 11) is 1.23. The Kier molecular flexibility index (Phi) is 6.23. The van der Waals surface area contributed by atoms with Crippen molar-refractivity contribution in [1.82, 2.24) is 10.6 Å². The number of ether oxygens (including phenoxy) is 1. The van der Waals surface area contributed by atoms with Gasteiger partial charge in [0.05, 0.1) is 13.7 Å². The van der Waals surface area contributed by atoms with Crippen LogP contribution in [-0.2, 0) is 9.53 Å². The van der Waals surface area contributed by atoms with Crippen molar-refractivity contribution in [2.24, 2.45) is 5.92 Å². The molecule has 118 valence electrons. The maximum absolute atomic E-state index is 12.1. The number of carbonyl (C=O) groups excluding carboxylic acids is 2. The van der Waals surface area contributed by atoms with E-state index in [1.165, 1.54) is 7.11 Å². The first-order chi connectivity index (χ1) is 9.85. The number of aliphatic hydroxyl groups is 1. The minimum Gasteiger partial charge on any atom is -0.464 e. The van der Waals surface area contributed by atoms with Gasteiger partial charge in [0.1, 0.15) is 23.7 Å². The smallest absolute Gasteiger partial charge is 0.407 e. The van der Waals surface area contributed by atoms with Crippen LogP contribution < -0.4 is 10.6 Å². The van der Waals surface area contributed by atoms with Gasteiger partial charge in [0, 0.05) is 0 Å². The van der Waals surface area contributed by atoms with Gasteiger partial charge in [-0.05, 0) is 25.0 Å². The van der Waals surface area contributed by atoms with Crippen molar-refractivity contribution >= 4 is 12.0 Å². The number of aliphatic hydroxyl groups excluding tert-OH is 1. The Hall–Kier alpha value is -2.02. The van der Waals surface area contributed by atoms with Crippen LogP contribution in [0.1, 0.15) is 31.5 Å². The fourth-order valence-corrected chi connectivity index (χ4v) is 1.76. The normalized spacial score (nSPS) is 13.6. The van der Waals surface area contributed by atoms with E-state index >= 15 is 0 Å². The Morgan fingerprint density at radius 1 is 1.38 bits per heavy atom. The van der Waals surface area contributed by atoms with E-state index in [0.717, 1.165) is 0 Å². The number of amides is 2. The van der Waals surface area contributed by atoms with E-state index in [-0.39, 0.29) is 12.5 Å². The molecule has 1 aromatic heterocycles. The van der Waals surface area contributed by atoms with Crippen molar-refractivity contribution in [1.29, 1.82) is 0 Å². The van der Waals surface area contributed by atoms with Crippen LogP contribution >= 0.6 is 0 Å². The van der Waals surface area contributed by atoms with E-state index in [9.17, 15) is 14.7 Å². The lowest BCUT2D eigenvalue weighted by molar-refractivity contribution is -0.124. The Bertz CT molecular complexity index is 483. The average Bonchev–Trinajstić information content (AvgIpc) is 2.87. The van der Waals surface area contributed by atoms with Crippen molar-refractivity contribution in [3.63, 3.8) is 0 Å². The van der Waals surface area contributed by atoms with E-state index in [2.05, 4.69) is 15.4 Å². The maximum Gasteiger partial charge on any atom is 0.407 e. The summed E-state index contributed by atoms with van der Waals surface area (Å²) >= 11 is 0. The molecule has 7 heteroatoms. The molecule has 1 rings (SSSR count). The number of hydrogen-bond acceptors (Lipinski definition) is 5. The summed E-state index contributed by atoms with van der Waals surface area (Å²) in [6.07, 6.45) is -1.61. The fourth-order valence-electron chi connectivity index (χ4n) is 1.76. The lowest BCUT2D eigenvalue weighted by Crippen LogP contribution is -2.50. The van der Waals surface area contributed by atoms with Gasteiger partial charge in [-0.15, -0.1) is 0 Å². The Morgan fingerprint density at radius 3 is 2.52 bits per heavy atom. The molecule has 0 aliphatic rings. The molecule has 2 amide bonds. The highest BCUT2D eigenvalue weighted by molar-refractivity contribution is 5.85. The van der Waals surface area contributed by atoms with E-state index in [0.29, 0.717) is 11.5 Å². The highest BCUT2D eigenvalue weighted by Gasteiger charge is 2.25. The Labute approximate surface area is 123 Å². The summed E-state index contributed by atoms with van der Waals surface area (Å²) < 4.78 is 9.76. The molecule has 0 spiro atoms. The molecule has 0 saturated carbocycles. The predicted octanol–water partition coefficient (Wildman–Crippen LogP) is 1.12. The third kappa shape index (κ3) is 5.11. The quantitative estimate of drug-likeness (QED) is 0.730. The van der Waals surface area contributed by atoms with Crippen LogP contribution in [0.5, 0.6) is 0 Å². The highest BCUT2D eigenvalue weighted by Crippen LogP contribution is 2.15. The average molecular weight is 298 g/mol. The molecule has 0 aromatic carbocycles. The molecule has 0 aliphatic heterocycles. The number of alkyl carbamates (subject to hydrolysis) is 1. The van der Waals surface area contributed by atoms with Crippen molar-refractivity contribution in [3.8, 4) is 0 Å². The minimum absolute atomic E-state index is 0.00212. The standard InChI is InChI=1S/C14H22N2O5/c1-8(2)12(16-14(19)20-4)13(18)15-7-10(17)11-6-5-9(3)21-11/h5-6,8,10,12,17H,7H2,1-4H3,(H,15,18)(H,16,19)/t10-,12-/m0/s1. The number of furan rings is 1. The zero-order valence-corrected chi connectivity index (χ0v) is 12.7. The van der Waals surface area contributed by atoms with Gasteiger partial charge < -0.3 is 24.9 Å². The number of carbonyl (C=O) groups is 2. The van der Waals surface area contributed by atoms with E-state index in [1.807, 2.05) is 0 Å². The molecule has 0 bridgehead atoms. The van der Waals surface area contributed by atoms with Gasteiger partial charge in [-0.25, -0.2) is 4.79 Å². The number of methoxy groups -OCH3 is 1. The van der Waals surface area contributed by atoms with Gasteiger partial charge in [0.25, 0.3) is 0 Å². The maximum atomic E-state index is 12.1. The van der Waals surface area contributed by atoms with Crippen molar-refractivity contribution in [2.75, 3.05) is 13.7 Å². The lowest BCUT2D eigenvalue weighted by Gasteiger charge is -2.21. The molecule has 7 nitrogen and oxygen atoms in total. The van der Waals surface area contributed by atoms with Gasteiger partial charge in [-0.2, -0.15) is 0 Å². The molecule has 1 heterocycles. The van der Waals surface area contributed by atoms with Crippen molar-refractivity contribution in [3.05, 3.63) is 23.7 Å². The molecule has 0 fully saturated rings. The molecular weight excluding hydrogens is 276 g/mol. The number of rotatable bonds is 6. The molecule has 1 aromatic rings. The van der Waals surface area contributed by atoms with Crippen LogP contribution in [0.15, 0.2) is 16.5 Å². The molecule has 0 radical (unpaired) electrons. The first kappa shape index (κ1) is 17.0. The van der Waals surface area contributed by atoms with Gasteiger partial charge in [0.2, 0.25) is 5.91 Å². The molecule has 3 N–H and O–H groups in total. The van der Waals surface area contributed by atoms with Gasteiger partial charge in [-0.3, -0.25) is 4.79 Å². The van der Waals surface area contributed by atoms with Crippen LogP contribution in [0.4, 0.5) is 4.79 Å². The van der Waals surface area contributed by atoms with Gasteiger partial charge >= 0.3 is 6.09 Å². The number of aryl methyl sites for hydroxylation is 1. The van der Waals surface area contributed by atoms with Crippen LogP contribution in [0.3, 0.4) is 0 Å². The summed E-state index contributed by atoms with van der Waals surface area (Å²) in [4.78, 5) is 23.3. The summed E-state index contributed by atoms with van der Waals surface area (Å²) in [6.45, 7) is 5.36. The molecule has 2 atom stereocenters. The van der Waals surface area contributed by atoms with Crippen LogP contribution in [0.25, 0.3) is 0 Å². The third-order valence-corrected chi connectivity index (χ3v) is 2.97. The first-order valence-corrected chi connectivity index (χ1v) is 6.71. The van der Waals surface area contributed by atoms with E-state index in [1.54, 1.807) is 32.9 Å². The largest absolute Gasteiger partial charge is 0.464 e. The van der Waals surface area contributed by atoms with Crippen molar-refractivity contribution < 1.29 is 23.8 Å². The summed E-state index contributed by atoms with van der Waals surface area (Å²) in [5, 5.41) is 14.9. The molecule has 21 heavy (non-hydrogen) atoms. The van der Waals surface area contributed by atoms with E-state index in [4.69, 9.17) is 4.42 Å². The van der Waals surface area contributed by atoms with E-state index < -0.39 is 24.1 Å². The zero-order chi connectivity index (χ0) is 16.0. The van der Waals surface area contributed by atoms with Gasteiger partial charge in [-0.1, -0.05) is 13.8 Å². The summed E-state index contributed by atoms with van der Waals surface area (Å²) in [5.74, 6) is 0.558. The summed E-state index contributed by atoms with van der Waals surface area (Å²) in [6, 6.07) is 2.65. The second-order valence-electron chi connectivity index (χ2n) is 5.07. The number of hydrogen-bond donors (Lipinski definition) is 3. The second kappa shape index (κ2) is 7.68. The minimum atomic E-state index is -0.936. The van der Waals surface area contributed by atoms with Crippen LogP contribution in [0.2, 0.25) is 0 Å². The second-order valence-corrected chi connectivity index (χ2v) is 5.07. The monoisotopic (exact) mass is 298 g/mol. The molecule has 0 aliphatic carbocycles. The fraction of sp³-hybridized carbons (Fsp3) is 0.571. The van der Waals surface area contributed by atoms with Crippen LogP contribution in [-0.4, -0.2) is 36.8 Å². The predicted molar refractivity (Wildman–Crippen MR) is 75.6 cm³/mol. The zero-order valence-electron chi connectivity index (χ0n) is 12.7. The first-order valence-electron chi connectivity index (χ1n) is 6.71. The Morgan fingerprint density at radius 2 is 2.05 bits per heavy atom. The SMILES string of the molecule is COC(=O)N[C@H](C(=O)NC[C@H](O)c1ccc(C)o1)C(C)C. The molecular formula is C14H22N2O5. The Balaban J connectivity index is 2.55. The number of nitrogens with one attached hydrogen (secondary N) is 2. The highest BCUT2D eigenvalue weighted by atomic mass is 16.5.